The van der Waals surface area contributed by atoms with Crippen molar-refractivity contribution in [3.8, 4) is 0 Å². The Kier molecular flexibility index (Phi) is 3.65. The van der Waals surface area contributed by atoms with Crippen molar-refractivity contribution in [3.63, 3.8) is 0 Å². The lowest BCUT2D eigenvalue weighted by Gasteiger charge is -2.02. The van der Waals surface area contributed by atoms with Gasteiger partial charge in [-0.2, -0.15) is 0 Å². The lowest BCUT2D eigenvalue weighted by molar-refractivity contribution is -0.137. The van der Waals surface area contributed by atoms with Crippen molar-refractivity contribution in [2.24, 2.45) is 0 Å². The molecule has 0 unspecified atom stereocenters. The van der Waals surface area contributed by atoms with Gasteiger partial charge in [0.05, 0.1) is 6.61 Å². The van der Waals surface area contributed by atoms with Gasteiger partial charge < -0.3 is 4.74 Å². The molecule has 0 aliphatic heterocycles. The maximum absolute atomic E-state index is 12.7. The molecule has 0 saturated heterocycles. The van der Waals surface area contributed by atoms with Crippen molar-refractivity contribution in [1.82, 2.24) is 0 Å². The Bertz CT molecular complexity index is 420. The van der Waals surface area contributed by atoms with Crippen molar-refractivity contribution in [1.29, 1.82) is 0 Å². The summed E-state index contributed by atoms with van der Waals surface area (Å²) >= 11 is 0. The van der Waals surface area contributed by atoms with Crippen molar-refractivity contribution in [2.45, 2.75) is 6.92 Å². The summed E-state index contributed by atoms with van der Waals surface area (Å²) in [5.74, 6) is -7.23. The summed E-state index contributed by atoms with van der Waals surface area (Å²) in [7, 11) is 0. The molecule has 0 radical (unpaired) electrons. The Hall–Kier alpha value is -1.85. The minimum Gasteiger partial charge on any atom is -0.460 e. The average Bonchev–Trinajstić information content (AvgIpc) is 2.24. The predicted octanol–water partition coefficient (Wildman–Crippen LogP) is 1.85. The van der Waals surface area contributed by atoms with E-state index in [0.29, 0.717) is 12.1 Å². The van der Waals surface area contributed by atoms with Gasteiger partial charge in [0.15, 0.2) is 17.5 Å². The molecule has 86 valence electrons. The normalized spacial score (nSPS) is 10.0. The largest absolute Gasteiger partial charge is 0.460 e. The molecule has 0 N–H and O–H groups in total. The van der Waals surface area contributed by atoms with Crippen molar-refractivity contribution < 1.29 is 27.5 Å². The van der Waals surface area contributed by atoms with E-state index in [4.69, 9.17) is 0 Å². The van der Waals surface area contributed by atoms with E-state index < -0.39 is 34.8 Å². The van der Waals surface area contributed by atoms with Gasteiger partial charge in [-0.3, -0.25) is 4.79 Å². The molecule has 0 aliphatic carbocycles. The van der Waals surface area contributed by atoms with Crippen LogP contribution >= 0.6 is 0 Å². The van der Waals surface area contributed by atoms with Crippen LogP contribution in [0.2, 0.25) is 0 Å². The van der Waals surface area contributed by atoms with Gasteiger partial charge in [-0.05, 0) is 19.1 Å². The van der Waals surface area contributed by atoms with Gasteiger partial charge in [-0.1, -0.05) is 0 Å². The Labute approximate surface area is 88.8 Å². The highest BCUT2D eigenvalue weighted by Crippen LogP contribution is 2.14. The average molecular weight is 232 g/mol. The second kappa shape index (κ2) is 4.78. The third-order valence-electron chi connectivity index (χ3n) is 1.71. The Morgan fingerprint density at radius 3 is 2.12 bits per heavy atom. The number of halogens is 3. The first-order valence-corrected chi connectivity index (χ1v) is 4.33. The van der Waals surface area contributed by atoms with E-state index in [1.807, 2.05) is 0 Å². The summed E-state index contributed by atoms with van der Waals surface area (Å²) in [6.45, 7) is 1.42. The number of hydrogen-bond acceptors (Lipinski definition) is 3. The highest BCUT2D eigenvalue weighted by molar-refractivity contribution is 6.40. The van der Waals surface area contributed by atoms with E-state index in [0.717, 1.165) is 0 Å². The summed E-state index contributed by atoms with van der Waals surface area (Å²) in [4.78, 5) is 22.2. The highest BCUT2D eigenvalue weighted by atomic mass is 19.2. The zero-order valence-electron chi connectivity index (χ0n) is 8.22. The third kappa shape index (κ3) is 2.39. The highest BCUT2D eigenvalue weighted by Gasteiger charge is 2.21. The third-order valence-corrected chi connectivity index (χ3v) is 1.71. The summed E-state index contributed by atoms with van der Waals surface area (Å²) in [5.41, 5.74) is -0.588. The fraction of sp³-hybridized carbons (Fsp3) is 0.200. The van der Waals surface area contributed by atoms with E-state index in [9.17, 15) is 22.8 Å². The van der Waals surface area contributed by atoms with Gasteiger partial charge in [-0.25, -0.2) is 18.0 Å². The number of rotatable bonds is 3. The minimum atomic E-state index is -1.69. The number of carbonyl (C=O) groups excluding carboxylic acids is 2. The maximum atomic E-state index is 12.7. The smallest absolute Gasteiger partial charge is 0.379 e. The van der Waals surface area contributed by atoms with Gasteiger partial charge in [-0.15, -0.1) is 0 Å². The van der Waals surface area contributed by atoms with Gasteiger partial charge in [0, 0.05) is 5.56 Å². The van der Waals surface area contributed by atoms with Crippen LogP contribution in [0, 0.1) is 17.5 Å². The molecule has 0 spiro atoms. The van der Waals surface area contributed by atoms with Gasteiger partial charge >= 0.3 is 5.97 Å². The number of ether oxygens (including phenoxy) is 1. The van der Waals surface area contributed by atoms with Gasteiger partial charge in [0.25, 0.3) is 5.78 Å². The quantitative estimate of drug-likeness (QED) is 0.345. The van der Waals surface area contributed by atoms with Gasteiger partial charge in [0.1, 0.15) is 0 Å². The van der Waals surface area contributed by atoms with Crippen LogP contribution in [0.3, 0.4) is 0 Å². The Morgan fingerprint density at radius 1 is 1.19 bits per heavy atom. The second-order valence-corrected chi connectivity index (χ2v) is 2.80. The van der Waals surface area contributed by atoms with E-state index in [-0.39, 0.29) is 6.61 Å². The lowest BCUT2D eigenvalue weighted by atomic mass is 10.1. The molecule has 6 heteroatoms. The molecule has 16 heavy (non-hydrogen) atoms. The van der Waals surface area contributed by atoms with Crippen LogP contribution in [-0.4, -0.2) is 18.4 Å². The molecule has 1 rings (SSSR count). The molecular weight excluding hydrogens is 225 g/mol. The van der Waals surface area contributed by atoms with Crippen molar-refractivity contribution in [3.05, 3.63) is 35.1 Å². The summed E-state index contributed by atoms with van der Waals surface area (Å²) in [6, 6.07) is 0.884. The van der Waals surface area contributed by atoms with Gasteiger partial charge in [0.2, 0.25) is 0 Å². The molecule has 0 saturated carbocycles. The first kappa shape index (κ1) is 12.2. The van der Waals surface area contributed by atoms with Crippen LogP contribution in [0.4, 0.5) is 13.2 Å². The number of benzene rings is 1. The van der Waals surface area contributed by atoms with Crippen LogP contribution in [0.5, 0.6) is 0 Å². The Morgan fingerprint density at radius 2 is 1.69 bits per heavy atom. The molecule has 1 aromatic carbocycles. The fourth-order valence-electron chi connectivity index (χ4n) is 1.00. The molecule has 3 nitrogen and oxygen atoms in total. The van der Waals surface area contributed by atoms with E-state index in [2.05, 4.69) is 4.74 Å². The maximum Gasteiger partial charge on any atom is 0.379 e. The lowest BCUT2D eigenvalue weighted by Crippen LogP contribution is -2.18. The molecule has 0 amide bonds. The number of carbonyl (C=O) groups is 2. The van der Waals surface area contributed by atoms with Crippen LogP contribution in [0.1, 0.15) is 17.3 Å². The fourth-order valence-corrected chi connectivity index (χ4v) is 1.00. The van der Waals surface area contributed by atoms with E-state index in [1.54, 1.807) is 0 Å². The number of ketones is 1. The van der Waals surface area contributed by atoms with E-state index in [1.165, 1.54) is 6.92 Å². The zero-order valence-corrected chi connectivity index (χ0v) is 8.22. The topological polar surface area (TPSA) is 43.4 Å². The van der Waals surface area contributed by atoms with E-state index >= 15 is 0 Å². The molecule has 0 atom stereocenters. The molecule has 0 fully saturated rings. The number of esters is 1. The van der Waals surface area contributed by atoms with Crippen molar-refractivity contribution in [2.75, 3.05) is 6.61 Å². The van der Waals surface area contributed by atoms with Crippen molar-refractivity contribution >= 4 is 11.8 Å². The summed E-state index contributed by atoms with van der Waals surface area (Å²) < 4.78 is 42.3. The first-order valence-electron chi connectivity index (χ1n) is 4.33. The number of hydrogen-bond donors (Lipinski definition) is 0. The minimum absolute atomic E-state index is 0.0449. The number of Topliss-reactive ketones (excluding diaryl/α,β-unsaturated/α-hetero) is 1. The van der Waals surface area contributed by atoms with Crippen LogP contribution in [-0.2, 0) is 9.53 Å². The molecule has 0 heterocycles. The van der Waals surface area contributed by atoms with Crippen LogP contribution in [0.25, 0.3) is 0 Å². The molecule has 1 aromatic rings. The summed E-state index contributed by atoms with van der Waals surface area (Å²) in [5, 5.41) is 0. The zero-order chi connectivity index (χ0) is 12.3. The standard InChI is InChI=1S/C10H7F3O3/c1-2-16-10(15)9(14)5-3-6(11)8(13)7(12)4-5/h3-4H,2H2,1H3. The second-order valence-electron chi connectivity index (χ2n) is 2.80. The molecule has 0 bridgehead atoms. The monoisotopic (exact) mass is 232 g/mol. The molecule has 0 aromatic heterocycles. The van der Waals surface area contributed by atoms with Crippen LogP contribution in [0.15, 0.2) is 12.1 Å². The SMILES string of the molecule is CCOC(=O)C(=O)c1cc(F)c(F)c(F)c1. The van der Waals surface area contributed by atoms with Crippen LogP contribution < -0.4 is 0 Å². The molecular formula is C10H7F3O3. The molecule has 0 aliphatic rings. The Balaban J connectivity index is 3.06. The predicted molar refractivity (Wildman–Crippen MR) is 47.3 cm³/mol. The summed E-state index contributed by atoms with van der Waals surface area (Å²) in [6.07, 6.45) is 0. The first-order chi connectivity index (χ1) is 7.47.